The first-order chi connectivity index (χ1) is 8.63. The minimum absolute atomic E-state index is 0.0620. The first kappa shape index (κ1) is 11.7. The Balaban J connectivity index is 1.95. The van der Waals surface area contributed by atoms with Gasteiger partial charge in [0, 0.05) is 33.8 Å². The number of fused-ring (bicyclic) bond motifs is 1. The lowest BCUT2D eigenvalue weighted by molar-refractivity contribution is 0.164. The minimum Gasteiger partial charge on any atom is -0.484 e. The monoisotopic (exact) mass is 263 g/mol. The number of hydrogen-bond acceptors (Lipinski definition) is 3. The van der Waals surface area contributed by atoms with Crippen molar-refractivity contribution in [3.8, 4) is 5.75 Å². The van der Waals surface area contributed by atoms with Crippen LogP contribution >= 0.6 is 11.3 Å². The van der Waals surface area contributed by atoms with Gasteiger partial charge < -0.3 is 10.5 Å². The molecule has 0 aliphatic carbocycles. The van der Waals surface area contributed by atoms with Gasteiger partial charge in [-0.3, -0.25) is 0 Å². The SMILES string of the molecule is Cc1ccc(C2CC(N)c3ccc(F)cc3O2)s1. The molecule has 0 fully saturated rings. The summed E-state index contributed by atoms with van der Waals surface area (Å²) in [6.07, 6.45) is 0.673. The molecule has 18 heavy (non-hydrogen) atoms. The molecule has 2 heterocycles. The second kappa shape index (κ2) is 4.37. The molecule has 2 nitrogen and oxygen atoms in total. The summed E-state index contributed by atoms with van der Waals surface area (Å²) in [6, 6.07) is 8.59. The van der Waals surface area contributed by atoms with Gasteiger partial charge >= 0.3 is 0 Å². The number of halogens is 1. The Kier molecular flexibility index (Phi) is 2.84. The molecule has 4 heteroatoms. The van der Waals surface area contributed by atoms with Crippen LogP contribution in [0.5, 0.6) is 5.75 Å². The molecule has 2 N–H and O–H groups in total. The predicted molar refractivity (Wildman–Crippen MR) is 70.4 cm³/mol. The zero-order valence-corrected chi connectivity index (χ0v) is 10.8. The molecule has 0 spiro atoms. The van der Waals surface area contributed by atoms with Gasteiger partial charge in [-0.25, -0.2) is 4.39 Å². The van der Waals surface area contributed by atoms with E-state index in [-0.39, 0.29) is 18.0 Å². The van der Waals surface area contributed by atoms with E-state index in [1.165, 1.54) is 17.0 Å². The van der Waals surface area contributed by atoms with Crippen LogP contribution in [-0.4, -0.2) is 0 Å². The molecular formula is C14H14FNOS. The highest BCUT2D eigenvalue weighted by Crippen LogP contribution is 2.41. The average Bonchev–Trinajstić information content (AvgIpc) is 2.75. The number of benzene rings is 1. The van der Waals surface area contributed by atoms with Crippen molar-refractivity contribution in [1.29, 1.82) is 0 Å². The largest absolute Gasteiger partial charge is 0.484 e. The molecular weight excluding hydrogens is 249 g/mol. The molecule has 94 valence electrons. The van der Waals surface area contributed by atoms with Gasteiger partial charge in [0.15, 0.2) is 0 Å². The lowest BCUT2D eigenvalue weighted by atomic mass is 9.96. The van der Waals surface area contributed by atoms with Crippen LogP contribution in [0.15, 0.2) is 30.3 Å². The van der Waals surface area contributed by atoms with Crippen molar-refractivity contribution in [3.63, 3.8) is 0 Å². The Labute approximate surface area is 109 Å². The summed E-state index contributed by atoms with van der Waals surface area (Å²) in [5, 5.41) is 0. The van der Waals surface area contributed by atoms with Crippen molar-refractivity contribution in [1.82, 2.24) is 0 Å². The molecule has 0 bridgehead atoms. The van der Waals surface area contributed by atoms with Crippen molar-refractivity contribution in [2.45, 2.75) is 25.5 Å². The molecule has 2 atom stereocenters. The average molecular weight is 263 g/mol. The third-order valence-electron chi connectivity index (χ3n) is 3.19. The number of thiophene rings is 1. The first-order valence-electron chi connectivity index (χ1n) is 5.91. The van der Waals surface area contributed by atoms with Crippen LogP contribution in [-0.2, 0) is 0 Å². The van der Waals surface area contributed by atoms with E-state index in [4.69, 9.17) is 10.5 Å². The lowest BCUT2D eigenvalue weighted by Gasteiger charge is -2.29. The van der Waals surface area contributed by atoms with E-state index in [1.807, 2.05) is 0 Å². The molecule has 1 aromatic heterocycles. The van der Waals surface area contributed by atoms with Crippen LogP contribution in [0.2, 0.25) is 0 Å². The van der Waals surface area contributed by atoms with E-state index in [2.05, 4.69) is 19.1 Å². The first-order valence-corrected chi connectivity index (χ1v) is 6.73. The fourth-order valence-electron chi connectivity index (χ4n) is 2.28. The number of hydrogen-bond donors (Lipinski definition) is 1. The van der Waals surface area contributed by atoms with Crippen LogP contribution in [0, 0.1) is 12.7 Å². The molecule has 1 aliphatic heterocycles. The lowest BCUT2D eigenvalue weighted by Crippen LogP contribution is -2.23. The Morgan fingerprint density at radius 3 is 2.89 bits per heavy atom. The standard InChI is InChI=1S/C14H14FNOS/c1-8-2-5-14(18-8)13-7-11(16)10-4-3-9(15)6-12(10)17-13/h2-6,11,13H,7,16H2,1H3. The quantitative estimate of drug-likeness (QED) is 0.851. The van der Waals surface area contributed by atoms with Crippen molar-refractivity contribution < 1.29 is 9.13 Å². The van der Waals surface area contributed by atoms with Gasteiger partial charge in [-0.15, -0.1) is 11.3 Å². The molecule has 0 saturated carbocycles. The summed E-state index contributed by atoms with van der Waals surface area (Å²) in [5.74, 6) is 0.286. The second-order valence-electron chi connectivity index (χ2n) is 4.58. The molecule has 1 aromatic carbocycles. The summed E-state index contributed by atoms with van der Waals surface area (Å²) in [7, 11) is 0. The Morgan fingerprint density at radius 2 is 2.17 bits per heavy atom. The fourth-order valence-corrected chi connectivity index (χ4v) is 3.20. The van der Waals surface area contributed by atoms with Crippen molar-refractivity contribution in [2.24, 2.45) is 5.73 Å². The third kappa shape index (κ3) is 2.02. The van der Waals surface area contributed by atoms with E-state index in [0.29, 0.717) is 5.75 Å². The smallest absolute Gasteiger partial charge is 0.135 e. The fraction of sp³-hybridized carbons (Fsp3) is 0.286. The third-order valence-corrected chi connectivity index (χ3v) is 4.28. The van der Waals surface area contributed by atoms with Gasteiger partial charge in [0.2, 0.25) is 0 Å². The normalized spacial score (nSPS) is 22.4. The molecule has 0 radical (unpaired) electrons. The van der Waals surface area contributed by atoms with E-state index < -0.39 is 0 Å². The number of ether oxygens (including phenoxy) is 1. The summed E-state index contributed by atoms with van der Waals surface area (Å²) < 4.78 is 19.1. The maximum atomic E-state index is 13.2. The maximum absolute atomic E-state index is 13.2. The van der Waals surface area contributed by atoms with Crippen molar-refractivity contribution in [3.05, 3.63) is 51.5 Å². The Hall–Kier alpha value is -1.39. The molecule has 3 rings (SSSR count). The van der Waals surface area contributed by atoms with E-state index in [1.54, 1.807) is 17.4 Å². The van der Waals surface area contributed by atoms with Gasteiger partial charge in [-0.05, 0) is 25.1 Å². The second-order valence-corrected chi connectivity index (χ2v) is 5.90. The minimum atomic E-state index is -0.288. The number of nitrogens with two attached hydrogens (primary N) is 1. The van der Waals surface area contributed by atoms with Crippen LogP contribution in [0.1, 0.15) is 33.9 Å². The van der Waals surface area contributed by atoms with Gasteiger partial charge in [-0.1, -0.05) is 6.07 Å². The van der Waals surface area contributed by atoms with E-state index in [9.17, 15) is 4.39 Å². The zero-order valence-electron chi connectivity index (χ0n) is 10.0. The summed E-state index contributed by atoms with van der Waals surface area (Å²) in [6.45, 7) is 2.06. The Morgan fingerprint density at radius 1 is 1.33 bits per heavy atom. The van der Waals surface area contributed by atoms with Crippen LogP contribution < -0.4 is 10.5 Å². The molecule has 1 aliphatic rings. The van der Waals surface area contributed by atoms with Gasteiger partial charge in [0.25, 0.3) is 0 Å². The molecule has 2 unspecified atom stereocenters. The van der Waals surface area contributed by atoms with Crippen LogP contribution in [0.4, 0.5) is 4.39 Å². The van der Waals surface area contributed by atoms with Crippen LogP contribution in [0.3, 0.4) is 0 Å². The summed E-state index contributed by atoms with van der Waals surface area (Å²) in [4.78, 5) is 2.39. The highest BCUT2D eigenvalue weighted by Gasteiger charge is 2.28. The van der Waals surface area contributed by atoms with Gasteiger partial charge in [-0.2, -0.15) is 0 Å². The number of rotatable bonds is 1. The van der Waals surface area contributed by atoms with Crippen molar-refractivity contribution in [2.75, 3.05) is 0 Å². The van der Waals surface area contributed by atoms with Crippen LogP contribution in [0.25, 0.3) is 0 Å². The summed E-state index contributed by atoms with van der Waals surface area (Å²) in [5.41, 5.74) is 7.02. The molecule has 0 amide bonds. The van der Waals surface area contributed by atoms with E-state index >= 15 is 0 Å². The Bertz CT molecular complexity index is 581. The number of aryl methyl sites for hydroxylation is 1. The predicted octanol–water partition coefficient (Wildman–Crippen LogP) is 3.72. The highest BCUT2D eigenvalue weighted by atomic mass is 32.1. The van der Waals surface area contributed by atoms with Gasteiger partial charge in [0.1, 0.15) is 17.7 Å². The van der Waals surface area contributed by atoms with E-state index in [0.717, 1.165) is 16.9 Å². The van der Waals surface area contributed by atoms with Crippen molar-refractivity contribution >= 4 is 11.3 Å². The molecule has 0 saturated heterocycles. The maximum Gasteiger partial charge on any atom is 0.135 e. The topological polar surface area (TPSA) is 35.2 Å². The zero-order chi connectivity index (χ0) is 12.7. The highest BCUT2D eigenvalue weighted by molar-refractivity contribution is 7.12. The van der Waals surface area contributed by atoms with Gasteiger partial charge in [0.05, 0.1) is 0 Å². The molecule has 2 aromatic rings. The summed E-state index contributed by atoms with van der Waals surface area (Å²) >= 11 is 1.70.